The second-order valence-corrected chi connectivity index (χ2v) is 7.94. The van der Waals surface area contributed by atoms with E-state index in [-0.39, 0.29) is 17.4 Å². The standard InChI is InChI=1S/C24H26ClN3O4/c1-15(2)24(30)26-14-16-4-9-20(25)19(12-16)23-27-21(13-22(29)28-23)17-5-7-18(8-6-17)32-11-10-31-3/h4-9,12-13,15H,10-11,14H2,1-3H3,(H,26,30)(H,27,28,29). The number of hydrogen-bond donors (Lipinski definition) is 2. The van der Waals surface area contributed by atoms with Crippen LogP contribution in [0.4, 0.5) is 0 Å². The molecule has 1 heterocycles. The number of rotatable bonds is 9. The second kappa shape index (κ2) is 10.9. The lowest BCUT2D eigenvalue weighted by atomic mass is 10.1. The number of amides is 1. The third-order valence-electron chi connectivity index (χ3n) is 4.72. The lowest BCUT2D eigenvalue weighted by Gasteiger charge is -2.11. The molecule has 0 spiro atoms. The van der Waals surface area contributed by atoms with Gasteiger partial charge in [0, 0.05) is 36.8 Å². The van der Waals surface area contributed by atoms with Crippen molar-refractivity contribution in [2.45, 2.75) is 20.4 Å². The van der Waals surface area contributed by atoms with Crippen molar-refractivity contribution in [1.82, 2.24) is 15.3 Å². The minimum Gasteiger partial charge on any atom is -0.491 e. The minimum absolute atomic E-state index is 0.0373. The van der Waals surface area contributed by atoms with E-state index in [4.69, 9.17) is 21.1 Å². The zero-order valence-electron chi connectivity index (χ0n) is 18.3. The van der Waals surface area contributed by atoms with Crippen LogP contribution >= 0.6 is 11.6 Å². The van der Waals surface area contributed by atoms with E-state index in [1.807, 2.05) is 50.2 Å². The summed E-state index contributed by atoms with van der Waals surface area (Å²) in [6.45, 7) is 4.98. The van der Waals surface area contributed by atoms with Gasteiger partial charge in [-0.05, 0) is 42.0 Å². The molecule has 0 saturated carbocycles. The molecule has 2 N–H and O–H groups in total. The van der Waals surface area contributed by atoms with Crippen LogP contribution in [0.5, 0.6) is 5.75 Å². The van der Waals surface area contributed by atoms with Crippen LogP contribution in [0.15, 0.2) is 53.3 Å². The van der Waals surface area contributed by atoms with Crippen LogP contribution < -0.4 is 15.6 Å². The molecule has 1 amide bonds. The highest BCUT2D eigenvalue weighted by Gasteiger charge is 2.12. The van der Waals surface area contributed by atoms with E-state index < -0.39 is 0 Å². The van der Waals surface area contributed by atoms with Gasteiger partial charge in [0.1, 0.15) is 18.2 Å². The molecule has 3 rings (SSSR count). The Morgan fingerprint density at radius 1 is 1.12 bits per heavy atom. The summed E-state index contributed by atoms with van der Waals surface area (Å²) in [6.07, 6.45) is 0. The van der Waals surface area contributed by atoms with Crippen molar-refractivity contribution < 1.29 is 14.3 Å². The quantitative estimate of drug-likeness (QED) is 0.475. The van der Waals surface area contributed by atoms with Crippen LogP contribution in [-0.2, 0) is 16.1 Å². The highest BCUT2D eigenvalue weighted by Crippen LogP contribution is 2.28. The second-order valence-electron chi connectivity index (χ2n) is 7.53. The van der Waals surface area contributed by atoms with Gasteiger partial charge >= 0.3 is 0 Å². The number of H-pyrrole nitrogens is 1. The molecular formula is C24H26ClN3O4. The van der Waals surface area contributed by atoms with E-state index >= 15 is 0 Å². The van der Waals surface area contributed by atoms with Crippen molar-refractivity contribution in [3.05, 3.63) is 69.5 Å². The Balaban J connectivity index is 1.86. The van der Waals surface area contributed by atoms with Crippen molar-refractivity contribution in [3.8, 4) is 28.4 Å². The number of benzene rings is 2. The summed E-state index contributed by atoms with van der Waals surface area (Å²) >= 11 is 6.40. The molecular weight excluding hydrogens is 430 g/mol. The topological polar surface area (TPSA) is 93.3 Å². The number of carbonyl (C=O) groups is 1. The molecule has 0 atom stereocenters. The molecule has 168 valence electrons. The van der Waals surface area contributed by atoms with E-state index in [1.165, 1.54) is 6.07 Å². The van der Waals surface area contributed by atoms with Gasteiger partial charge in [-0.15, -0.1) is 0 Å². The minimum atomic E-state index is -0.292. The van der Waals surface area contributed by atoms with Gasteiger partial charge in [-0.2, -0.15) is 0 Å². The Hall–Kier alpha value is -3.16. The van der Waals surface area contributed by atoms with Gasteiger partial charge < -0.3 is 19.8 Å². The summed E-state index contributed by atoms with van der Waals surface area (Å²) in [6, 6.07) is 14.1. The Morgan fingerprint density at radius 3 is 2.56 bits per heavy atom. The number of ether oxygens (including phenoxy) is 2. The molecule has 8 heteroatoms. The zero-order valence-corrected chi connectivity index (χ0v) is 19.0. The van der Waals surface area contributed by atoms with Crippen LogP contribution in [0.25, 0.3) is 22.6 Å². The number of aromatic nitrogens is 2. The van der Waals surface area contributed by atoms with Crippen LogP contribution in [0.3, 0.4) is 0 Å². The monoisotopic (exact) mass is 455 g/mol. The zero-order chi connectivity index (χ0) is 23.1. The first kappa shape index (κ1) is 23.5. The smallest absolute Gasteiger partial charge is 0.251 e. The maximum absolute atomic E-state index is 12.4. The highest BCUT2D eigenvalue weighted by molar-refractivity contribution is 6.33. The first-order valence-corrected chi connectivity index (χ1v) is 10.6. The highest BCUT2D eigenvalue weighted by atomic mass is 35.5. The van der Waals surface area contributed by atoms with E-state index in [0.29, 0.717) is 47.6 Å². The third-order valence-corrected chi connectivity index (χ3v) is 5.05. The van der Waals surface area contributed by atoms with Crippen LogP contribution in [-0.4, -0.2) is 36.2 Å². The van der Waals surface area contributed by atoms with E-state index in [9.17, 15) is 9.59 Å². The fourth-order valence-electron chi connectivity index (χ4n) is 2.96. The molecule has 0 aliphatic heterocycles. The molecule has 0 aliphatic rings. The van der Waals surface area contributed by atoms with Crippen LogP contribution in [0.2, 0.25) is 5.02 Å². The predicted octanol–water partition coefficient (Wildman–Crippen LogP) is 4.05. The number of methoxy groups -OCH3 is 1. The molecule has 0 unspecified atom stereocenters. The van der Waals surface area contributed by atoms with Crippen molar-refractivity contribution >= 4 is 17.5 Å². The molecule has 0 radical (unpaired) electrons. The molecule has 2 aromatic carbocycles. The van der Waals surface area contributed by atoms with Gasteiger partial charge in [0.05, 0.1) is 17.3 Å². The predicted molar refractivity (Wildman–Crippen MR) is 125 cm³/mol. The number of aromatic amines is 1. The summed E-state index contributed by atoms with van der Waals surface area (Å²) in [4.78, 5) is 31.6. The van der Waals surface area contributed by atoms with E-state index in [1.54, 1.807) is 13.2 Å². The largest absolute Gasteiger partial charge is 0.491 e. The molecule has 32 heavy (non-hydrogen) atoms. The Bertz CT molecular complexity index is 1130. The number of halogens is 1. The maximum Gasteiger partial charge on any atom is 0.251 e. The van der Waals surface area contributed by atoms with Gasteiger partial charge in [-0.25, -0.2) is 4.98 Å². The van der Waals surface area contributed by atoms with Gasteiger partial charge in [0.15, 0.2) is 0 Å². The first-order valence-electron chi connectivity index (χ1n) is 10.3. The summed E-state index contributed by atoms with van der Waals surface area (Å²) in [5.41, 5.74) is 2.43. The first-order chi connectivity index (χ1) is 15.4. The Kier molecular flexibility index (Phi) is 8.03. The Labute approximate surface area is 191 Å². The van der Waals surface area contributed by atoms with Crippen molar-refractivity contribution in [2.24, 2.45) is 5.92 Å². The van der Waals surface area contributed by atoms with Crippen LogP contribution in [0, 0.1) is 5.92 Å². The molecule has 3 aromatic rings. The number of nitrogens with zero attached hydrogens (tertiary/aromatic N) is 1. The van der Waals surface area contributed by atoms with Gasteiger partial charge in [-0.3, -0.25) is 9.59 Å². The van der Waals surface area contributed by atoms with Crippen molar-refractivity contribution in [2.75, 3.05) is 20.3 Å². The molecule has 0 saturated heterocycles. The average Bonchev–Trinajstić information content (AvgIpc) is 2.78. The number of nitrogens with one attached hydrogen (secondary N) is 2. The molecule has 0 aliphatic carbocycles. The molecule has 0 bridgehead atoms. The SMILES string of the molecule is COCCOc1ccc(-c2cc(=O)[nH]c(-c3cc(CNC(=O)C(C)C)ccc3Cl)n2)cc1. The van der Waals surface area contributed by atoms with Gasteiger partial charge in [0.2, 0.25) is 5.91 Å². The van der Waals surface area contributed by atoms with Crippen molar-refractivity contribution in [1.29, 1.82) is 0 Å². The van der Waals surface area contributed by atoms with E-state index in [0.717, 1.165) is 11.1 Å². The average molecular weight is 456 g/mol. The lowest BCUT2D eigenvalue weighted by molar-refractivity contribution is -0.124. The Morgan fingerprint density at radius 2 is 1.88 bits per heavy atom. The summed E-state index contributed by atoms with van der Waals surface area (Å²) < 4.78 is 10.6. The fourth-order valence-corrected chi connectivity index (χ4v) is 3.16. The molecule has 7 nitrogen and oxygen atoms in total. The maximum atomic E-state index is 12.4. The molecule has 0 fully saturated rings. The van der Waals surface area contributed by atoms with Crippen LogP contribution in [0.1, 0.15) is 19.4 Å². The normalized spacial score (nSPS) is 10.9. The lowest BCUT2D eigenvalue weighted by Crippen LogP contribution is -2.27. The number of carbonyl (C=O) groups excluding carboxylic acids is 1. The number of hydrogen-bond acceptors (Lipinski definition) is 5. The third kappa shape index (κ3) is 6.18. The summed E-state index contributed by atoms with van der Waals surface area (Å²) in [7, 11) is 1.62. The van der Waals surface area contributed by atoms with Gasteiger partial charge in [0.25, 0.3) is 5.56 Å². The van der Waals surface area contributed by atoms with Crippen molar-refractivity contribution in [3.63, 3.8) is 0 Å². The van der Waals surface area contributed by atoms with E-state index in [2.05, 4.69) is 15.3 Å². The van der Waals surface area contributed by atoms with Gasteiger partial charge in [-0.1, -0.05) is 31.5 Å². The summed E-state index contributed by atoms with van der Waals surface area (Å²) in [5, 5.41) is 3.32. The molecule has 1 aromatic heterocycles. The fraction of sp³-hybridized carbons (Fsp3) is 0.292. The summed E-state index contributed by atoms with van der Waals surface area (Å²) in [5.74, 6) is 0.919.